The lowest BCUT2D eigenvalue weighted by molar-refractivity contribution is 0.0655. The Morgan fingerprint density at radius 2 is 2.50 bits per heavy atom. The van der Waals surface area contributed by atoms with Crippen LogP contribution in [0.4, 0.5) is 0 Å². The molecule has 1 aromatic rings. The summed E-state index contributed by atoms with van der Waals surface area (Å²) in [6.07, 6.45) is 1.58. The van der Waals surface area contributed by atoms with Gasteiger partial charge in [-0.2, -0.15) is 0 Å². The number of hydrogen-bond acceptors (Lipinski definition) is 3. The van der Waals surface area contributed by atoms with Gasteiger partial charge in [0.15, 0.2) is 0 Å². The summed E-state index contributed by atoms with van der Waals surface area (Å²) in [7, 11) is 0. The van der Waals surface area contributed by atoms with Crippen molar-refractivity contribution in [2.45, 2.75) is 13.0 Å². The summed E-state index contributed by atoms with van der Waals surface area (Å²) in [5.74, 6) is -0.0351. The largest absolute Gasteiger partial charge is 0.333 e. The van der Waals surface area contributed by atoms with Crippen molar-refractivity contribution in [1.29, 1.82) is 0 Å². The van der Waals surface area contributed by atoms with E-state index < -0.39 is 0 Å². The summed E-state index contributed by atoms with van der Waals surface area (Å²) in [5, 5.41) is 3.52. The maximum absolute atomic E-state index is 12.2. The minimum absolute atomic E-state index is 0.0351. The SMILES string of the molecule is C[C@H]1CNCCN1C(=O)c1cccnc1Cl. The second-order valence-electron chi connectivity index (χ2n) is 3.89. The minimum Gasteiger partial charge on any atom is -0.333 e. The molecular weight excluding hydrogens is 226 g/mol. The Hall–Kier alpha value is -1.13. The molecule has 1 amide bonds. The second kappa shape index (κ2) is 4.80. The van der Waals surface area contributed by atoms with Crippen LogP contribution in [0, 0.1) is 0 Å². The molecule has 1 aromatic heterocycles. The lowest BCUT2D eigenvalue weighted by Gasteiger charge is -2.34. The van der Waals surface area contributed by atoms with Gasteiger partial charge >= 0.3 is 0 Å². The van der Waals surface area contributed by atoms with Crippen molar-refractivity contribution in [3.8, 4) is 0 Å². The quantitative estimate of drug-likeness (QED) is 0.749. The Balaban J connectivity index is 2.21. The van der Waals surface area contributed by atoms with Crippen molar-refractivity contribution >= 4 is 17.5 Å². The van der Waals surface area contributed by atoms with Gasteiger partial charge in [-0.1, -0.05) is 11.6 Å². The van der Waals surface area contributed by atoms with Crippen LogP contribution in [-0.4, -0.2) is 41.5 Å². The number of carbonyl (C=O) groups is 1. The number of hydrogen-bond donors (Lipinski definition) is 1. The molecule has 1 saturated heterocycles. The molecule has 0 unspecified atom stereocenters. The van der Waals surface area contributed by atoms with E-state index in [9.17, 15) is 4.79 Å². The van der Waals surface area contributed by atoms with Crippen molar-refractivity contribution in [3.05, 3.63) is 29.0 Å². The molecule has 1 atom stereocenters. The minimum atomic E-state index is -0.0351. The average molecular weight is 240 g/mol. The van der Waals surface area contributed by atoms with E-state index >= 15 is 0 Å². The lowest BCUT2D eigenvalue weighted by atomic mass is 10.1. The number of pyridine rings is 1. The molecule has 0 aliphatic carbocycles. The summed E-state index contributed by atoms with van der Waals surface area (Å²) < 4.78 is 0. The zero-order valence-corrected chi connectivity index (χ0v) is 9.87. The van der Waals surface area contributed by atoms with Gasteiger partial charge in [0.05, 0.1) is 5.56 Å². The van der Waals surface area contributed by atoms with Crippen molar-refractivity contribution in [2.24, 2.45) is 0 Å². The lowest BCUT2D eigenvalue weighted by Crippen LogP contribution is -2.52. The van der Waals surface area contributed by atoms with Gasteiger partial charge in [0.25, 0.3) is 5.91 Å². The van der Waals surface area contributed by atoms with E-state index in [1.165, 1.54) is 0 Å². The maximum atomic E-state index is 12.2. The molecule has 2 rings (SSSR count). The Labute approximate surface area is 99.6 Å². The third kappa shape index (κ3) is 2.18. The molecule has 86 valence electrons. The number of carbonyl (C=O) groups excluding carboxylic acids is 1. The van der Waals surface area contributed by atoms with Gasteiger partial charge in [-0.3, -0.25) is 4.79 Å². The van der Waals surface area contributed by atoms with Crippen LogP contribution >= 0.6 is 11.6 Å². The molecule has 1 aliphatic rings. The topological polar surface area (TPSA) is 45.2 Å². The molecule has 0 spiro atoms. The van der Waals surface area contributed by atoms with Gasteiger partial charge in [-0.25, -0.2) is 4.98 Å². The van der Waals surface area contributed by atoms with Crippen molar-refractivity contribution in [3.63, 3.8) is 0 Å². The van der Waals surface area contributed by atoms with Gasteiger partial charge < -0.3 is 10.2 Å². The molecule has 0 bridgehead atoms. The monoisotopic (exact) mass is 239 g/mol. The van der Waals surface area contributed by atoms with Crippen LogP contribution < -0.4 is 5.32 Å². The van der Waals surface area contributed by atoms with Gasteiger partial charge in [0.2, 0.25) is 0 Å². The zero-order valence-electron chi connectivity index (χ0n) is 9.11. The zero-order chi connectivity index (χ0) is 11.5. The fraction of sp³-hybridized carbons (Fsp3) is 0.455. The number of aromatic nitrogens is 1. The van der Waals surface area contributed by atoms with Crippen LogP contribution in [0.3, 0.4) is 0 Å². The van der Waals surface area contributed by atoms with E-state index in [0.29, 0.717) is 12.1 Å². The smallest absolute Gasteiger partial charge is 0.257 e. The van der Waals surface area contributed by atoms with Crippen LogP contribution in [0.2, 0.25) is 5.15 Å². The molecule has 0 aromatic carbocycles. The molecule has 4 nitrogen and oxygen atoms in total. The van der Waals surface area contributed by atoms with Crippen molar-refractivity contribution in [1.82, 2.24) is 15.2 Å². The first kappa shape index (κ1) is 11.4. The molecule has 16 heavy (non-hydrogen) atoms. The molecule has 1 N–H and O–H groups in total. The number of rotatable bonds is 1. The first-order chi connectivity index (χ1) is 7.70. The Kier molecular flexibility index (Phi) is 3.41. The standard InChI is InChI=1S/C11H14ClN3O/c1-8-7-13-5-6-15(8)11(16)9-3-2-4-14-10(9)12/h2-4,8,13H,5-7H2,1H3/t8-/m0/s1. The highest BCUT2D eigenvalue weighted by atomic mass is 35.5. The van der Waals surface area contributed by atoms with Gasteiger partial charge in [-0.15, -0.1) is 0 Å². The van der Waals surface area contributed by atoms with E-state index in [0.717, 1.165) is 13.1 Å². The third-order valence-electron chi connectivity index (χ3n) is 2.75. The summed E-state index contributed by atoms with van der Waals surface area (Å²) in [4.78, 5) is 18.0. The van der Waals surface area contributed by atoms with E-state index in [2.05, 4.69) is 10.3 Å². The fourth-order valence-corrected chi connectivity index (χ4v) is 2.04. The highest BCUT2D eigenvalue weighted by molar-refractivity contribution is 6.32. The number of halogens is 1. The van der Waals surface area contributed by atoms with Crippen molar-refractivity contribution in [2.75, 3.05) is 19.6 Å². The molecular formula is C11H14ClN3O. The molecule has 5 heteroatoms. The summed E-state index contributed by atoms with van der Waals surface area (Å²) in [6.45, 7) is 4.39. The van der Waals surface area contributed by atoms with E-state index in [1.807, 2.05) is 11.8 Å². The first-order valence-electron chi connectivity index (χ1n) is 5.32. The van der Waals surface area contributed by atoms with Gasteiger partial charge in [-0.05, 0) is 19.1 Å². The van der Waals surface area contributed by atoms with Crippen molar-refractivity contribution < 1.29 is 4.79 Å². The van der Waals surface area contributed by atoms with E-state index in [4.69, 9.17) is 11.6 Å². The van der Waals surface area contributed by atoms with E-state index in [1.54, 1.807) is 18.3 Å². The predicted octanol–water partition coefficient (Wildman–Crippen LogP) is 1.17. The van der Waals surface area contributed by atoms with Gasteiger partial charge in [0, 0.05) is 31.9 Å². The number of piperazine rings is 1. The molecule has 0 radical (unpaired) electrons. The van der Waals surface area contributed by atoms with Crippen LogP contribution in [0.25, 0.3) is 0 Å². The predicted molar refractivity (Wildman–Crippen MR) is 62.6 cm³/mol. The average Bonchev–Trinajstić information content (AvgIpc) is 2.29. The Morgan fingerprint density at radius 3 is 3.19 bits per heavy atom. The van der Waals surface area contributed by atoms with Crippen LogP contribution in [-0.2, 0) is 0 Å². The highest BCUT2D eigenvalue weighted by Crippen LogP contribution is 2.16. The number of nitrogens with zero attached hydrogens (tertiary/aromatic N) is 2. The first-order valence-corrected chi connectivity index (χ1v) is 5.70. The van der Waals surface area contributed by atoms with Crippen LogP contribution in [0.5, 0.6) is 0 Å². The maximum Gasteiger partial charge on any atom is 0.257 e. The third-order valence-corrected chi connectivity index (χ3v) is 3.05. The summed E-state index contributed by atoms with van der Waals surface area (Å²) in [6, 6.07) is 3.64. The van der Waals surface area contributed by atoms with Gasteiger partial charge in [0.1, 0.15) is 5.15 Å². The summed E-state index contributed by atoms with van der Waals surface area (Å²) >= 11 is 5.91. The normalized spacial score (nSPS) is 20.9. The summed E-state index contributed by atoms with van der Waals surface area (Å²) in [5.41, 5.74) is 0.484. The van der Waals surface area contributed by atoms with Crippen LogP contribution in [0.15, 0.2) is 18.3 Å². The second-order valence-corrected chi connectivity index (χ2v) is 4.25. The highest BCUT2D eigenvalue weighted by Gasteiger charge is 2.25. The Morgan fingerprint density at radius 1 is 1.69 bits per heavy atom. The molecule has 2 heterocycles. The van der Waals surface area contributed by atoms with E-state index in [-0.39, 0.29) is 17.1 Å². The number of nitrogens with one attached hydrogen (secondary N) is 1. The van der Waals surface area contributed by atoms with Crippen LogP contribution in [0.1, 0.15) is 17.3 Å². The number of amides is 1. The Bertz CT molecular complexity index is 397. The molecule has 0 saturated carbocycles. The fourth-order valence-electron chi connectivity index (χ4n) is 1.84. The molecule has 1 aliphatic heterocycles. The molecule has 1 fully saturated rings.